The zero-order chi connectivity index (χ0) is 23.2. The average Bonchev–Trinajstić information content (AvgIpc) is 3.05. The highest BCUT2D eigenvalue weighted by molar-refractivity contribution is 5.85. The van der Waals surface area contributed by atoms with Gasteiger partial charge in [-0.05, 0) is 57.0 Å². The summed E-state index contributed by atoms with van der Waals surface area (Å²) in [6, 6.07) is 8.40. The molecule has 0 fully saturated rings. The van der Waals surface area contributed by atoms with Crippen molar-refractivity contribution in [2.24, 2.45) is 0 Å². The molecule has 0 radical (unpaired) electrons. The maximum absolute atomic E-state index is 15.3. The van der Waals surface area contributed by atoms with Gasteiger partial charge in [-0.2, -0.15) is 0 Å². The number of hydrogen-bond donors (Lipinski definition) is 1. The van der Waals surface area contributed by atoms with E-state index in [-0.39, 0.29) is 23.7 Å². The topological polar surface area (TPSA) is 53.7 Å². The smallest absolute Gasteiger partial charge is 0.328 e. The number of fused-ring (bicyclic) bond motifs is 3. The minimum Gasteiger partial charge on any atom is -0.478 e. The van der Waals surface area contributed by atoms with Gasteiger partial charge in [0.25, 0.3) is 0 Å². The number of carboxylic acids is 1. The predicted molar refractivity (Wildman–Crippen MR) is 116 cm³/mol. The van der Waals surface area contributed by atoms with E-state index in [4.69, 9.17) is 9.52 Å². The lowest BCUT2D eigenvalue weighted by atomic mass is 9.87. The van der Waals surface area contributed by atoms with E-state index in [9.17, 15) is 9.18 Å². The Kier molecular flexibility index (Phi) is 5.63. The minimum atomic E-state index is -1.60. The second kappa shape index (κ2) is 8.13. The summed E-state index contributed by atoms with van der Waals surface area (Å²) in [6.07, 6.45) is 2.49. The van der Waals surface area contributed by atoms with Crippen molar-refractivity contribution in [2.45, 2.75) is 44.9 Å². The fourth-order valence-corrected chi connectivity index (χ4v) is 4.47. The largest absolute Gasteiger partial charge is 0.478 e. The van der Waals surface area contributed by atoms with Gasteiger partial charge in [-0.15, -0.1) is 0 Å². The van der Waals surface area contributed by atoms with Crippen LogP contribution < -0.4 is 0 Å². The number of aliphatic carboxylic acids is 1. The number of carboxylic acid groups (broad SMARTS) is 1. The summed E-state index contributed by atoms with van der Waals surface area (Å²) >= 11 is 0. The monoisotopic (exact) mass is 443 g/mol. The molecule has 2 aromatic carbocycles. The summed E-state index contributed by atoms with van der Waals surface area (Å²) in [7, 11) is 0. The van der Waals surface area contributed by atoms with Crippen LogP contribution in [0.25, 0.3) is 17.0 Å². The first-order valence-corrected chi connectivity index (χ1v) is 10.4. The van der Waals surface area contributed by atoms with E-state index in [0.717, 1.165) is 35.2 Å². The first-order chi connectivity index (χ1) is 15.0. The third-order valence-electron chi connectivity index (χ3n) is 5.73. The number of rotatable bonds is 5. The van der Waals surface area contributed by atoms with Gasteiger partial charge in [0.1, 0.15) is 34.7 Å². The average molecular weight is 443 g/mol. The molecule has 2 atom stereocenters. The Labute approximate surface area is 183 Å². The molecule has 0 unspecified atom stereocenters. The van der Waals surface area contributed by atoms with Crippen molar-refractivity contribution in [3.8, 4) is 0 Å². The quantitative estimate of drug-likeness (QED) is 0.500. The van der Waals surface area contributed by atoms with Crippen LogP contribution in [0, 0.1) is 11.6 Å². The first-order valence-electron chi connectivity index (χ1n) is 10.4. The van der Waals surface area contributed by atoms with Gasteiger partial charge in [0.15, 0.2) is 0 Å². The number of alkyl halides is 1. The van der Waals surface area contributed by atoms with Crippen LogP contribution in [-0.4, -0.2) is 34.2 Å². The number of benzene rings is 2. The lowest BCUT2D eigenvalue weighted by molar-refractivity contribution is -0.131. The maximum Gasteiger partial charge on any atom is 0.328 e. The fraction of sp³-hybridized carbons (Fsp3) is 0.320. The number of hydrogen-bond acceptors (Lipinski definition) is 3. The Hall–Kier alpha value is -3.06. The number of para-hydroxylation sites is 1. The van der Waals surface area contributed by atoms with Gasteiger partial charge in [0.2, 0.25) is 0 Å². The van der Waals surface area contributed by atoms with Crippen molar-refractivity contribution in [2.75, 3.05) is 6.54 Å². The maximum atomic E-state index is 15.3. The van der Waals surface area contributed by atoms with Gasteiger partial charge >= 0.3 is 5.97 Å². The Morgan fingerprint density at radius 1 is 1.25 bits per heavy atom. The van der Waals surface area contributed by atoms with Crippen LogP contribution in [0.15, 0.2) is 46.9 Å². The lowest BCUT2D eigenvalue weighted by Crippen LogP contribution is -2.48. The molecule has 1 aliphatic heterocycles. The van der Waals surface area contributed by atoms with Gasteiger partial charge in [-0.25, -0.2) is 18.0 Å². The molecule has 2 heterocycles. The Balaban J connectivity index is 1.92. The van der Waals surface area contributed by atoms with Gasteiger partial charge in [-0.1, -0.05) is 18.2 Å². The Bertz CT molecular complexity index is 1190. The summed E-state index contributed by atoms with van der Waals surface area (Å²) in [5, 5.41) is 9.67. The van der Waals surface area contributed by atoms with Crippen molar-refractivity contribution in [1.29, 1.82) is 0 Å². The number of nitrogens with zero attached hydrogens (tertiary/aromatic N) is 1. The molecule has 0 aliphatic carbocycles. The van der Waals surface area contributed by atoms with E-state index < -0.39 is 29.3 Å². The van der Waals surface area contributed by atoms with Gasteiger partial charge in [0, 0.05) is 35.2 Å². The molecular weight excluding hydrogens is 419 g/mol. The zero-order valence-electron chi connectivity index (χ0n) is 18.0. The summed E-state index contributed by atoms with van der Waals surface area (Å²) < 4.78 is 51.5. The second-order valence-corrected chi connectivity index (χ2v) is 8.86. The van der Waals surface area contributed by atoms with Crippen LogP contribution in [0.2, 0.25) is 0 Å². The molecule has 4 rings (SSSR count). The van der Waals surface area contributed by atoms with Gasteiger partial charge in [-0.3, -0.25) is 4.90 Å². The predicted octanol–water partition coefficient (Wildman–Crippen LogP) is 5.89. The summed E-state index contributed by atoms with van der Waals surface area (Å²) in [4.78, 5) is 12.5. The van der Waals surface area contributed by atoms with Crippen molar-refractivity contribution >= 4 is 23.0 Å². The molecule has 0 amide bonds. The summed E-state index contributed by atoms with van der Waals surface area (Å²) in [6.45, 7) is 4.72. The molecule has 0 saturated heterocycles. The molecule has 1 N–H and O–H groups in total. The molecule has 32 heavy (non-hydrogen) atoms. The van der Waals surface area contributed by atoms with Crippen molar-refractivity contribution in [3.05, 3.63) is 76.6 Å². The zero-order valence-corrected chi connectivity index (χ0v) is 18.0. The van der Waals surface area contributed by atoms with Crippen LogP contribution in [0.3, 0.4) is 0 Å². The van der Waals surface area contributed by atoms with Gasteiger partial charge < -0.3 is 9.52 Å². The standard InChI is InChI=1S/C25H24F3NO3/c1-14-10-17-16-6-4-5-7-20(16)32-24(17)23(29(14)13-25(2,3)28)22-18(26)11-15(12-19(22)27)8-9-21(30)31/h4-9,11-12,14,23H,10,13H2,1-3H3,(H,30,31)/b9-8+/t14-,23-/m1/s1. The highest BCUT2D eigenvalue weighted by atomic mass is 19.1. The fourth-order valence-electron chi connectivity index (χ4n) is 4.47. The third kappa shape index (κ3) is 4.17. The third-order valence-corrected chi connectivity index (χ3v) is 5.73. The van der Waals surface area contributed by atoms with Crippen LogP contribution in [0.1, 0.15) is 49.3 Å². The van der Waals surface area contributed by atoms with Gasteiger partial charge in [0.05, 0.1) is 0 Å². The second-order valence-electron chi connectivity index (χ2n) is 8.86. The number of furan rings is 1. The van der Waals surface area contributed by atoms with E-state index in [0.29, 0.717) is 17.8 Å². The minimum absolute atomic E-state index is 0.0468. The SMILES string of the molecule is C[C@@H]1Cc2c(oc3ccccc23)[C@@H](c2c(F)cc(/C=C/C(=O)O)cc2F)N1CC(C)(C)F. The van der Waals surface area contributed by atoms with Crippen LogP contribution in [-0.2, 0) is 11.2 Å². The van der Waals surface area contributed by atoms with E-state index >= 15 is 8.78 Å². The highest BCUT2D eigenvalue weighted by Gasteiger charge is 2.42. The number of halogens is 3. The number of carbonyl (C=O) groups is 1. The van der Waals surface area contributed by atoms with Crippen LogP contribution in [0.5, 0.6) is 0 Å². The molecule has 0 saturated carbocycles. The van der Waals surface area contributed by atoms with E-state index in [1.54, 1.807) is 11.0 Å². The van der Waals surface area contributed by atoms with Crippen molar-refractivity contribution in [1.82, 2.24) is 4.90 Å². The van der Waals surface area contributed by atoms with Crippen LogP contribution in [0.4, 0.5) is 13.2 Å². The Morgan fingerprint density at radius 2 is 1.91 bits per heavy atom. The van der Waals surface area contributed by atoms with E-state index in [1.807, 2.05) is 25.1 Å². The van der Waals surface area contributed by atoms with Crippen molar-refractivity contribution < 1.29 is 27.5 Å². The first kappa shape index (κ1) is 22.1. The molecular formula is C25H24F3NO3. The molecule has 4 nitrogen and oxygen atoms in total. The molecule has 7 heteroatoms. The molecule has 0 spiro atoms. The molecule has 0 bridgehead atoms. The lowest BCUT2D eigenvalue weighted by Gasteiger charge is -2.42. The van der Waals surface area contributed by atoms with E-state index in [2.05, 4.69) is 0 Å². The molecule has 1 aliphatic rings. The highest BCUT2D eigenvalue weighted by Crippen LogP contribution is 2.44. The molecule has 3 aromatic rings. The van der Waals surface area contributed by atoms with E-state index in [1.165, 1.54) is 13.8 Å². The van der Waals surface area contributed by atoms with Crippen LogP contribution >= 0.6 is 0 Å². The molecule has 168 valence electrons. The van der Waals surface area contributed by atoms with Crippen molar-refractivity contribution in [3.63, 3.8) is 0 Å². The normalized spacial score (nSPS) is 19.6. The summed E-state index contributed by atoms with van der Waals surface area (Å²) in [5.41, 5.74) is -0.295. The summed E-state index contributed by atoms with van der Waals surface area (Å²) in [5.74, 6) is -2.51. The molecule has 1 aromatic heterocycles. The Morgan fingerprint density at radius 3 is 2.53 bits per heavy atom.